The molecular formula is C17H16N2O8S. The van der Waals surface area contributed by atoms with E-state index in [2.05, 4.69) is 9.47 Å². The molecule has 0 heterocycles. The molecule has 2 aromatic carbocycles. The number of benzene rings is 2. The maximum Gasteiger partial charge on any atom is 0.337 e. The summed E-state index contributed by atoms with van der Waals surface area (Å²) in [6.07, 6.45) is 0. The summed E-state index contributed by atoms with van der Waals surface area (Å²) < 4.78 is 35.9. The van der Waals surface area contributed by atoms with Crippen molar-refractivity contribution >= 4 is 33.3 Å². The third-order valence-corrected chi connectivity index (χ3v) is 5.46. The lowest BCUT2D eigenvalue weighted by Crippen LogP contribution is -2.36. The minimum Gasteiger partial charge on any atom is -0.468 e. The van der Waals surface area contributed by atoms with Crippen LogP contribution in [0.25, 0.3) is 0 Å². The monoisotopic (exact) mass is 408 g/mol. The Morgan fingerprint density at radius 2 is 1.71 bits per heavy atom. The molecule has 11 heteroatoms. The third kappa shape index (κ3) is 4.43. The number of hydrogen-bond donors (Lipinski definition) is 0. The Kier molecular flexibility index (Phi) is 6.31. The highest BCUT2D eigenvalue weighted by Gasteiger charge is 2.29. The van der Waals surface area contributed by atoms with Crippen molar-refractivity contribution in [2.45, 2.75) is 4.90 Å². The maximum atomic E-state index is 13.0. The first-order chi connectivity index (χ1) is 13.2. The quantitative estimate of drug-likeness (QED) is 0.384. The molecule has 0 aliphatic carbocycles. The fraction of sp³-hybridized carbons (Fsp3) is 0.176. The van der Waals surface area contributed by atoms with Crippen LogP contribution in [-0.2, 0) is 24.3 Å². The van der Waals surface area contributed by atoms with E-state index in [9.17, 15) is 28.1 Å². The van der Waals surface area contributed by atoms with Gasteiger partial charge in [0, 0.05) is 12.1 Å². The van der Waals surface area contributed by atoms with Crippen LogP contribution in [-0.4, -0.2) is 46.0 Å². The number of nitrogens with zero attached hydrogens (tertiary/aromatic N) is 2. The molecule has 148 valence electrons. The molecule has 0 aromatic heterocycles. The van der Waals surface area contributed by atoms with Gasteiger partial charge in [-0.15, -0.1) is 0 Å². The number of sulfonamides is 1. The largest absolute Gasteiger partial charge is 0.468 e. The first-order valence-corrected chi connectivity index (χ1v) is 9.17. The van der Waals surface area contributed by atoms with E-state index in [-0.39, 0.29) is 16.1 Å². The number of hydrogen-bond acceptors (Lipinski definition) is 8. The average molecular weight is 408 g/mol. The Bertz CT molecular complexity index is 1000. The number of rotatable bonds is 7. The average Bonchev–Trinajstić information content (AvgIpc) is 2.71. The topological polar surface area (TPSA) is 133 Å². The number of nitro groups is 1. The van der Waals surface area contributed by atoms with Crippen LogP contribution in [0.4, 0.5) is 11.4 Å². The van der Waals surface area contributed by atoms with Gasteiger partial charge in [-0.05, 0) is 30.3 Å². The molecular weight excluding hydrogens is 392 g/mol. The second-order valence-corrected chi connectivity index (χ2v) is 7.24. The summed E-state index contributed by atoms with van der Waals surface area (Å²) >= 11 is 0. The van der Waals surface area contributed by atoms with E-state index in [1.165, 1.54) is 43.5 Å². The number of carbonyl (C=O) groups excluding carboxylic acids is 2. The van der Waals surface area contributed by atoms with Crippen molar-refractivity contribution in [3.05, 3.63) is 64.2 Å². The fourth-order valence-electron chi connectivity index (χ4n) is 2.26. The lowest BCUT2D eigenvalue weighted by molar-refractivity contribution is -0.385. The van der Waals surface area contributed by atoms with Crippen molar-refractivity contribution in [3.63, 3.8) is 0 Å². The van der Waals surface area contributed by atoms with E-state index < -0.39 is 39.1 Å². The Morgan fingerprint density at radius 3 is 2.25 bits per heavy atom. The second-order valence-electron chi connectivity index (χ2n) is 5.38. The third-order valence-electron chi connectivity index (χ3n) is 3.69. The van der Waals surface area contributed by atoms with E-state index >= 15 is 0 Å². The molecule has 0 atom stereocenters. The van der Waals surface area contributed by atoms with Crippen molar-refractivity contribution in [3.8, 4) is 0 Å². The highest BCUT2D eigenvalue weighted by Crippen LogP contribution is 2.26. The lowest BCUT2D eigenvalue weighted by Gasteiger charge is -2.23. The van der Waals surface area contributed by atoms with Crippen molar-refractivity contribution in [2.75, 3.05) is 25.1 Å². The lowest BCUT2D eigenvalue weighted by atomic mass is 10.2. The van der Waals surface area contributed by atoms with E-state index in [4.69, 9.17) is 0 Å². The molecule has 0 unspecified atom stereocenters. The first kappa shape index (κ1) is 20.8. The van der Waals surface area contributed by atoms with Crippen LogP contribution in [0.3, 0.4) is 0 Å². The molecule has 0 radical (unpaired) electrons. The summed E-state index contributed by atoms with van der Waals surface area (Å²) in [5, 5.41) is 11.0. The number of anilines is 1. The zero-order valence-corrected chi connectivity index (χ0v) is 15.7. The minimum atomic E-state index is -4.34. The highest BCUT2D eigenvalue weighted by molar-refractivity contribution is 7.92. The molecule has 28 heavy (non-hydrogen) atoms. The molecule has 0 aliphatic rings. The number of esters is 2. The van der Waals surface area contributed by atoms with Crippen molar-refractivity contribution in [2.24, 2.45) is 0 Å². The molecule has 2 rings (SSSR count). The molecule has 0 spiro atoms. The Labute approximate surface area is 160 Å². The standard InChI is InChI=1S/C17H16N2O8S/c1-26-16(20)11-18(13-8-6-12(7-9-13)17(21)27-2)28(24,25)15-5-3-4-14(10-15)19(22)23/h3-10H,11H2,1-2H3. The van der Waals surface area contributed by atoms with Crippen LogP contribution in [0.1, 0.15) is 10.4 Å². The van der Waals surface area contributed by atoms with Gasteiger partial charge in [0.25, 0.3) is 15.7 Å². The van der Waals surface area contributed by atoms with Gasteiger partial charge in [-0.3, -0.25) is 19.2 Å². The van der Waals surface area contributed by atoms with Crippen LogP contribution < -0.4 is 4.31 Å². The summed E-state index contributed by atoms with van der Waals surface area (Å²) in [6, 6.07) is 9.71. The van der Waals surface area contributed by atoms with Crippen molar-refractivity contribution in [1.29, 1.82) is 0 Å². The zero-order valence-electron chi connectivity index (χ0n) is 14.9. The number of non-ortho nitro benzene ring substituents is 1. The van der Waals surface area contributed by atoms with E-state index in [1.54, 1.807) is 0 Å². The minimum absolute atomic E-state index is 0.0598. The van der Waals surface area contributed by atoms with Crippen LogP contribution in [0.2, 0.25) is 0 Å². The second kappa shape index (κ2) is 8.48. The first-order valence-electron chi connectivity index (χ1n) is 7.73. The van der Waals surface area contributed by atoms with Gasteiger partial charge in [-0.2, -0.15) is 0 Å². The van der Waals surface area contributed by atoms with Gasteiger partial charge >= 0.3 is 11.9 Å². The van der Waals surface area contributed by atoms with Crippen molar-refractivity contribution < 1.29 is 32.4 Å². The van der Waals surface area contributed by atoms with Gasteiger partial charge in [0.1, 0.15) is 6.54 Å². The fourth-order valence-corrected chi connectivity index (χ4v) is 3.71. The summed E-state index contributed by atoms with van der Waals surface area (Å²) in [6.45, 7) is -0.668. The summed E-state index contributed by atoms with van der Waals surface area (Å²) in [4.78, 5) is 33.2. The van der Waals surface area contributed by atoms with Gasteiger partial charge in [0.05, 0.1) is 35.3 Å². The number of carbonyl (C=O) groups is 2. The van der Waals surface area contributed by atoms with Crippen LogP contribution in [0, 0.1) is 10.1 Å². The normalized spacial score (nSPS) is 10.8. The van der Waals surface area contributed by atoms with Gasteiger partial charge < -0.3 is 9.47 Å². The maximum absolute atomic E-state index is 13.0. The molecule has 0 saturated heterocycles. The smallest absolute Gasteiger partial charge is 0.337 e. The molecule has 0 saturated carbocycles. The van der Waals surface area contributed by atoms with Gasteiger partial charge in [-0.25, -0.2) is 13.2 Å². The molecule has 2 aromatic rings. The Balaban J connectivity index is 2.53. The molecule has 0 bridgehead atoms. The Morgan fingerprint density at radius 1 is 1.07 bits per heavy atom. The predicted molar refractivity (Wildman–Crippen MR) is 97.4 cm³/mol. The van der Waals surface area contributed by atoms with E-state index in [1.807, 2.05) is 0 Å². The molecule has 10 nitrogen and oxygen atoms in total. The number of nitro benzene ring substituents is 1. The van der Waals surface area contributed by atoms with Crippen LogP contribution in [0.5, 0.6) is 0 Å². The predicted octanol–water partition coefficient (Wildman–Crippen LogP) is 1.75. The van der Waals surface area contributed by atoms with Crippen LogP contribution >= 0.6 is 0 Å². The molecule has 0 fully saturated rings. The zero-order chi connectivity index (χ0) is 20.9. The van der Waals surface area contributed by atoms with Crippen molar-refractivity contribution in [1.82, 2.24) is 0 Å². The van der Waals surface area contributed by atoms with Gasteiger partial charge in [0.15, 0.2) is 0 Å². The molecule has 0 amide bonds. The van der Waals surface area contributed by atoms with E-state index in [0.29, 0.717) is 0 Å². The van der Waals surface area contributed by atoms with Gasteiger partial charge in [-0.1, -0.05) is 6.07 Å². The SMILES string of the molecule is COC(=O)CN(c1ccc(C(=O)OC)cc1)S(=O)(=O)c1cccc([N+](=O)[O-])c1. The summed E-state index contributed by atoms with van der Waals surface area (Å²) in [7, 11) is -2.04. The Hall–Kier alpha value is -3.47. The van der Waals surface area contributed by atoms with Gasteiger partial charge in [0.2, 0.25) is 0 Å². The molecule has 0 aliphatic heterocycles. The number of methoxy groups -OCH3 is 2. The number of ether oxygens (including phenoxy) is 2. The summed E-state index contributed by atoms with van der Waals surface area (Å²) in [5.74, 6) is -1.46. The highest BCUT2D eigenvalue weighted by atomic mass is 32.2. The van der Waals surface area contributed by atoms with Crippen LogP contribution in [0.15, 0.2) is 53.4 Å². The summed E-state index contributed by atoms with van der Waals surface area (Å²) in [5.41, 5.74) is -0.179. The van der Waals surface area contributed by atoms with E-state index in [0.717, 1.165) is 23.5 Å². The molecule has 0 N–H and O–H groups in total.